The summed E-state index contributed by atoms with van der Waals surface area (Å²) in [6.07, 6.45) is 2.61. The number of halogens is 1. The second kappa shape index (κ2) is 7.27. The van der Waals surface area contributed by atoms with E-state index in [1.54, 1.807) is 12.1 Å². The van der Waals surface area contributed by atoms with Crippen LogP contribution < -0.4 is 0 Å². The maximum absolute atomic E-state index is 13.0. The highest BCUT2D eigenvalue weighted by Crippen LogP contribution is 2.10. The van der Waals surface area contributed by atoms with Gasteiger partial charge in [-0.2, -0.15) is 0 Å². The molecule has 0 N–H and O–H groups in total. The smallest absolute Gasteiger partial charge is 0.164 e. The van der Waals surface area contributed by atoms with Crippen molar-refractivity contribution in [1.82, 2.24) is 4.90 Å². The van der Waals surface area contributed by atoms with Crippen molar-refractivity contribution in [3.8, 4) is 0 Å². The van der Waals surface area contributed by atoms with Crippen LogP contribution in [0.4, 0.5) is 4.39 Å². The maximum atomic E-state index is 13.0. The topological polar surface area (TPSA) is 20.3 Å². The average Bonchev–Trinajstić information content (AvgIpc) is 2.37. The summed E-state index contributed by atoms with van der Waals surface area (Å²) in [4.78, 5) is 14.1. The number of Topliss-reactive ketones (excluding diaryl/α,β-unsaturated/α-hetero) is 1. The minimum Gasteiger partial charge on any atom is -0.303 e. The van der Waals surface area contributed by atoms with Gasteiger partial charge in [0.25, 0.3) is 0 Å². The third-order valence-corrected chi connectivity index (χ3v) is 3.40. The van der Waals surface area contributed by atoms with E-state index in [2.05, 4.69) is 18.7 Å². The summed E-state index contributed by atoms with van der Waals surface area (Å²) in [5.41, 5.74) is 0.466. The molecular weight excluding hydrogens is 229 g/mol. The Balaban J connectivity index is 2.51. The van der Waals surface area contributed by atoms with Crippen LogP contribution in [0.5, 0.6) is 0 Å². The highest BCUT2D eigenvalue weighted by atomic mass is 19.1. The molecule has 0 heterocycles. The fourth-order valence-electron chi connectivity index (χ4n) is 2.18. The van der Waals surface area contributed by atoms with Gasteiger partial charge >= 0.3 is 0 Å². The first kappa shape index (κ1) is 14.8. The van der Waals surface area contributed by atoms with Gasteiger partial charge in [0.1, 0.15) is 5.82 Å². The molecule has 0 saturated carbocycles. The molecule has 0 spiro atoms. The van der Waals surface area contributed by atoms with Crippen LogP contribution in [-0.4, -0.2) is 30.3 Å². The third kappa shape index (κ3) is 4.22. The molecule has 18 heavy (non-hydrogen) atoms. The lowest BCUT2D eigenvalue weighted by Gasteiger charge is -2.25. The quantitative estimate of drug-likeness (QED) is 0.691. The van der Waals surface area contributed by atoms with Gasteiger partial charge in [0, 0.05) is 24.6 Å². The Kier molecular flexibility index (Phi) is 5.99. The van der Waals surface area contributed by atoms with Gasteiger partial charge < -0.3 is 4.90 Å². The van der Waals surface area contributed by atoms with E-state index in [0.29, 0.717) is 18.0 Å². The van der Waals surface area contributed by atoms with Crippen LogP contribution in [0.1, 0.15) is 43.5 Å². The molecule has 0 aliphatic rings. The summed E-state index contributed by atoms with van der Waals surface area (Å²) in [5, 5.41) is 0. The Morgan fingerprint density at radius 2 is 2.00 bits per heavy atom. The number of rotatable bonds is 7. The van der Waals surface area contributed by atoms with Crippen molar-refractivity contribution < 1.29 is 9.18 Å². The van der Waals surface area contributed by atoms with E-state index in [9.17, 15) is 9.18 Å². The molecule has 0 aliphatic carbocycles. The molecule has 1 aromatic carbocycles. The van der Waals surface area contributed by atoms with Crippen LogP contribution in [0.3, 0.4) is 0 Å². The lowest BCUT2D eigenvalue weighted by Crippen LogP contribution is -2.32. The molecule has 0 radical (unpaired) electrons. The van der Waals surface area contributed by atoms with Crippen molar-refractivity contribution in [2.45, 2.75) is 39.2 Å². The Labute approximate surface area is 109 Å². The molecule has 0 amide bonds. The van der Waals surface area contributed by atoms with Crippen LogP contribution >= 0.6 is 0 Å². The van der Waals surface area contributed by atoms with Crippen molar-refractivity contribution in [3.63, 3.8) is 0 Å². The zero-order valence-corrected chi connectivity index (χ0v) is 11.4. The summed E-state index contributed by atoms with van der Waals surface area (Å²) >= 11 is 0. The standard InChI is InChI=1S/C15H22FNO/c1-4-14(5-2)17(3)10-9-15(18)12-7-6-8-13(16)11-12/h6-8,11,14H,4-5,9-10H2,1-3H3. The van der Waals surface area contributed by atoms with Gasteiger partial charge in [-0.3, -0.25) is 4.79 Å². The minimum absolute atomic E-state index is 0.00676. The van der Waals surface area contributed by atoms with E-state index in [-0.39, 0.29) is 11.6 Å². The summed E-state index contributed by atoms with van der Waals surface area (Å²) in [7, 11) is 2.04. The van der Waals surface area contributed by atoms with Gasteiger partial charge in [-0.25, -0.2) is 4.39 Å². The number of carbonyl (C=O) groups excluding carboxylic acids is 1. The fourth-order valence-corrected chi connectivity index (χ4v) is 2.18. The Morgan fingerprint density at radius 3 is 2.56 bits per heavy atom. The number of ketones is 1. The predicted molar refractivity (Wildman–Crippen MR) is 72.3 cm³/mol. The average molecular weight is 251 g/mol. The van der Waals surface area contributed by atoms with Crippen LogP contribution in [0.2, 0.25) is 0 Å². The van der Waals surface area contributed by atoms with Crippen LogP contribution in [0, 0.1) is 5.82 Å². The lowest BCUT2D eigenvalue weighted by atomic mass is 10.1. The molecule has 0 fully saturated rings. The number of benzene rings is 1. The Bertz CT molecular complexity index is 388. The largest absolute Gasteiger partial charge is 0.303 e. The van der Waals surface area contributed by atoms with Crippen molar-refractivity contribution >= 4 is 5.78 Å². The molecule has 0 atom stereocenters. The number of hydrogen-bond acceptors (Lipinski definition) is 2. The van der Waals surface area contributed by atoms with E-state index >= 15 is 0 Å². The summed E-state index contributed by atoms with van der Waals surface area (Å²) in [6.45, 7) is 5.03. The van der Waals surface area contributed by atoms with Crippen molar-refractivity contribution in [3.05, 3.63) is 35.6 Å². The minimum atomic E-state index is -0.353. The molecule has 1 aromatic rings. The van der Waals surface area contributed by atoms with E-state index in [0.717, 1.165) is 19.4 Å². The van der Waals surface area contributed by atoms with Crippen LogP contribution in [-0.2, 0) is 0 Å². The molecular formula is C15H22FNO. The summed E-state index contributed by atoms with van der Waals surface area (Å²) < 4.78 is 13.0. The second-order valence-corrected chi connectivity index (χ2v) is 4.63. The van der Waals surface area contributed by atoms with Crippen LogP contribution in [0.25, 0.3) is 0 Å². The van der Waals surface area contributed by atoms with Crippen molar-refractivity contribution in [1.29, 1.82) is 0 Å². The zero-order chi connectivity index (χ0) is 13.5. The molecule has 3 heteroatoms. The first-order chi connectivity index (χ1) is 8.58. The summed E-state index contributed by atoms with van der Waals surface area (Å²) in [6, 6.07) is 6.42. The SMILES string of the molecule is CCC(CC)N(C)CCC(=O)c1cccc(F)c1. The van der Waals surface area contributed by atoms with Crippen molar-refractivity contribution in [2.75, 3.05) is 13.6 Å². The number of hydrogen-bond donors (Lipinski definition) is 0. The van der Waals surface area contributed by atoms with E-state index in [1.165, 1.54) is 12.1 Å². The van der Waals surface area contributed by atoms with Gasteiger partial charge in [-0.1, -0.05) is 26.0 Å². The molecule has 0 aromatic heterocycles. The van der Waals surface area contributed by atoms with Gasteiger partial charge in [-0.05, 0) is 32.0 Å². The first-order valence-corrected chi connectivity index (χ1v) is 6.57. The fraction of sp³-hybridized carbons (Fsp3) is 0.533. The highest BCUT2D eigenvalue weighted by molar-refractivity contribution is 5.96. The Hall–Kier alpha value is -1.22. The van der Waals surface area contributed by atoms with E-state index in [4.69, 9.17) is 0 Å². The normalized spacial score (nSPS) is 11.2. The molecule has 1 rings (SSSR count). The molecule has 0 saturated heterocycles. The van der Waals surface area contributed by atoms with Gasteiger partial charge in [-0.15, -0.1) is 0 Å². The molecule has 0 aliphatic heterocycles. The molecule has 0 bridgehead atoms. The lowest BCUT2D eigenvalue weighted by molar-refractivity contribution is 0.0958. The monoisotopic (exact) mass is 251 g/mol. The molecule has 100 valence electrons. The molecule has 2 nitrogen and oxygen atoms in total. The van der Waals surface area contributed by atoms with Gasteiger partial charge in [0.15, 0.2) is 5.78 Å². The van der Waals surface area contributed by atoms with Crippen molar-refractivity contribution in [2.24, 2.45) is 0 Å². The Morgan fingerprint density at radius 1 is 1.33 bits per heavy atom. The van der Waals surface area contributed by atoms with E-state index in [1.807, 2.05) is 7.05 Å². The van der Waals surface area contributed by atoms with Gasteiger partial charge in [0.2, 0.25) is 0 Å². The predicted octanol–water partition coefficient (Wildman–Crippen LogP) is 3.52. The zero-order valence-electron chi connectivity index (χ0n) is 11.4. The third-order valence-electron chi connectivity index (χ3n) is 3.40. The first-order valence-electron chi connectivity index (χ1n) is 6.57. The molecule has 0 unspecified atom stereocenters. The number of nitrogens with zero attached hydrogens (tertiary/aromatic N) is 1. The summed E-state index contributed by atoms with van der Waals surface area (Å²) in [5.74, 6) is -0.346. The van der Waals surface area contributed by atoms with Gasteiger partial charge in [0.05, 0.1) is 0 Å². The second-order valence-electron chi connectivity index (χ2n) is 4.63. The maximum Gasteiger partial charge on any atom is 0.164 e. The van der Waals surface area contributed by atoms with Crippen LogP contribution in [0.15, 0.2) is 24.3 Å². The van der Waals surface area contributed by atoms with E-state index < -0.39 is 0 Å². The highest BCUT2D eigenvalue weighted by Gasteiger charge is 2.13. The number of carbonyl (C=O) groups is 1.